The average molecular weight is 205 g/mol. The zero-order valence-corrected chi connectivity index (χ0v) is 9.52. The fourth-order valence-electron chi connectivity index (χ4n) is 2.26. The van der Waals surface area contributed by atoms with Crippen LogP contribution in [0.2, 0.25) is 0 Å². The Morgan fingerprint density at radius 1 is 1.13 bits per heavy atom. The maximum absolute atomic E-state index is 5.71. The summed E-state index contributed by atoms with van der Waals surface area (Å²) in [6.07, 6.45) is 0.718. The molecule has 15 heavy (non-hydrogen) atoms. The van der Waals surface area contributed by atoms with Gasteiger partial charge in [-0.15, -0.1) is 0 Å². The van der Waals surface area contributed by atoms with E-state index in [0.29, 0.717) is 12.2 Å². The Kier molecular flexibility index (Phi) is 3.39. The molecule has 1 aromatic carbocycles. The standard InChI is InChI=1S/C13H19NO/c1-11-8-14(9-12(2)15-11)10-13-6-4-3-5-7-13/h3-7,11-12H,8-10H2,1-2H3/t11-,12-/m1/s1. The molecule has 2 heteroatoms. The topological polar surface area (TPSA) is 12.5 Å². The van der Waals surface area contributed by atoms with E-state index in [1.807, 2.05) is 0 Å². The Morgan fingerprint density at radius 2 is 1.73 bits per heavy atom. The van der Waals surface area contributed by atoms with Crippen LogP contribution in [0.4, 0.5) is 0 Å². The lowest BCUT2D eigenvalue weighted by Crippen LogP contribution is -2.44. The van der Waals surface area contributed by atoms with Crippen LogP contribution in [0.1, 0.15) is 19.4 Å². The molecule has 0 radical (unpaired) electrons. The molecule has 0 aromatic heterocycles. The number of rotatable bonds is 2. The maximum Gasteiger partial charge on any atom is 0.0678 e. The first-order chi connectivity index (χ1) is 7.24. The molecule has 2 nitrogen and oxygen atoms in total. The van der Waals surface area contributed by atoms with Crippen LogP contribution in [-0.2, 0) is 11.3 Å². The molecule has 0 saturated carbocycles. The van der Waals surface area contributed by atoms with Crippen molar-refractivity contribution in [3.63, 3.8) is 0 Å². The van der Waals surface area contributed by atoms with Crippen molar-refractivity contribution in [3.8, 4) is 0 Å². The third-order valence-electron chi connectivity index (χ3n) is 2.74. The first-order valence-electron chi connectivity index (χ1n) is 5.66. The van der Waals surface area contributed by atoms with Gasteiger partial charge in [-0.05, 0) is 19.4 Å². The SMILES string of the molecule is C[C@@H]1CN(Cc2ccccc2)C[C@@H](C)O1. The number of hydrogen-bond acceptors (Lipinski definition) is 2. The average Bonchev–Trinajstić information content (AvgIpc) is 2.17. The number of nitrogens with zero attached hydrogens (tertiary/aromatic N) is 1. The van der Waals surface area contributed by atoms with Gasteiger partial charge < -0.3 is 4.74 Å². The Bertz CT molecular complexity index is 289. The summed E-state index contributed by atoms with van der Waals surface area (Å²) in [5.41, 5.74) is 1.39. The summed E-state index contributed by atoms with van der Waals surface area (Å²) in [5, 5.41) is 0. The van der Waals surface area contributed by atoms with Crippen LogP contribution in [0.5, 0.6) is 0 Å². The number of hydrogen-bond donors (Lipinski definition) is 0. The zero-order valence-electron chi connectivity index (χ0n) is 9.52. The van der Waals surface area contributed by atoms with Crippen LogP contribution in [0.15, 0.2) is 30.3 Å². The lowest BCUT2D eigenvalue weighted by Gasteiger charge is -2.35. The molecular weight excluding hydrogens is 186 g/mol. The van der Waals surface area contributed by atoms with E-state index >= 15 is 0 Å². The largest absolute Gasteiger partial charge is 0.373 e. The lowest BCUT2D eigenvalue weighted by atomic mass is 10.1. The first kappa shape index (κ1) is 10.7. The van der Waals surface area contributed by atoms with E-state index in [1.165, 1.54) is 5.56 Å². The molecule has 0 unspecified atom stereocenters. The van der Waals surface area contributed by atoms with Gasteiger partial charge in [-0.1, -0.05) is 30.3 Å². The molecule has 0 aliphatic carbocycles. The van der Waals surface area contributed by atoms with Crippen molar-refractivity contribution in [1.29, 1.82) is 0 Å². The maximum atomic E-state index is 5.71. The van der Waals surface area contributed by atoms with Crippen LogP contribution in [-0.4, -0.2) is 30.2 Å². The van der Waals surface area contributed by atoms with Crippen molar-refractivity contribution in [1.82, 2.24) is 4.90 Å². The van der Waals surface area contributed by atoms with Gasteiger partial charge in [-0.2, -0.15) is 0 Å². The third kappa shape index (κ3) is 3.05. The van der Waals surface area contributed by atoms with E-state index in [2.05, 4.69) is 49.1 Å². The molecule has 1 aliphatic heterocycles. The number of ether oxygens (including phenoxy) is 1. The van der Waals surface area contributed by atoms with Gasteiger partial charge >= 0.3 is 0 Å². The van der Waals surface area contributed by atoms with E-state index in [-0.39, 0.29) is 0 Å². The van der Waals surface area contributed by atoms with Gasteiger partial charge in [0.1, 0.15) is 0 Å². The summed E-state index contributed by atoms with van der Waals surface area (Å²) < 4.78 is 5.71. The van der Waals surface area contributed by atoms with Crippen molar-refractivity contribution in [3.05, 3.63) is 35.9 Å². The van der Waals surface area contributed by atoms with E-state index in [1.54, 1.807) is 0 Å². The van der Waals surface area contributed by atoms with Gasteiger partial charge in [-0.3, -0.25) is 4.90 Å². The summed E-state index contributed by atoms with van der Waals surface area (Å²) >= 11 is 0. The van der Waals surface area contributed by atoms with Crippen molar-refractivity contribution in [2.45, 2.75) is 32.6 Å². The van der Waals surface area contributed by atoms with Crippen LogP contribution < -0.4 is 0 Å². The minimum atomic E-state index is 0.359. The molecule has 1 saturated heterocycles. The van der Waals surface area contributed by atoms with Crippen LogP contribution in [0.25, 0.3) is 0 Å². The predicted molar refractivity (Wildman–Crippen MR) is 61.7 cm³/mol. The summed E-state index contributed by atoms with van der Waals surface area (Å²) in [4.78, 5) is 2.47. The van der Waals surface area contributed by atoms with Crippen LogP contribution in [0.3, 0.4) is 0 Å². The van der Waals surface area contributed by atoms with Gasteiger partial charge in [0.25, 0.3) is 0 Å². The second kappa shape index (κ2) is 4.77. The van der Waals surface area contributed by atoms with E-state index < -0.39 is 0 Å². The number of benzene rings is 1. The van der Waals surface area contributed by atoms with E-state index in [0.717, 1.165) is 19.6 Å². The molecule has 2 atom stereocenters. The van der Waals surface area contributed by atoms with Gasteiger partial charge in [0.15, 0.2) is 0 Å². The highest BCUT2D eigenvalue weighted by Gasteiger charge is 2.21. The van der Waals surface area contributed by atoms with E-state index in [4.69, 9.17) is 4.74 Å². The van der Waals surface area contributed by atoms with Gasteiger partial charge in [0.05, 0.1) is 12.2 Å². The number of morpholine rings is 1. The van der Waals surface area contributed by atoms with Crippen LogP contribution >= 0.6 is 0 Å². The highest BCUT2D eigenvalue weighted by Crippen LogP contribution is 2.13. The molecule has 1 heterocycles. The second-order valence-electron chi connectivity index (χ2n) is 4.44. The summed E-state index contributed by atoms with van der Waals surface area (Å²) in [6, 6.07) is 10.6. The minimum absolute atomic E-state index is 0.359. The zero-order chi connectivity index (χ0) is 10.7. The molecule has 0 bridgehead atoms. The van der Waals surface area contributed by atoms with Crippen molar-refractivity contribution >= 4 is 0 Å². The van der Waals surface area contributed by atoms with Gasteiger partial charge in [0.2, 0.25) is 0 Å². The molecular formula is C13H19NO. The van der Waals surface area contributed by atoms with Crippen molar-refractivity contribution in [2.75, 3.05) is 13.1 Å². The summed E-state index contributed by atoms with van der Waals surface area (Å²) in [6.45, 7) is 7.42. The molecule has 1 aromatic rings. The van der Waals surface area contributed by atoms with Crippen molar-refractivity contribution < 1.29 is 4.74 Å². The molecule has 1 fully saturated rings. The fraction of sp³-hybridized carbons (Fsp3) is 0.538. The molecule has 82 valence electrons. The highest BCUT2D eigenvalue weighted by molar-refractivity contribution is 5.14. The van der Waals surface area contributed by atoms with E-state index in [9.17, 15) is 0 Å². The Hall–Kier alpha value is -0.860. The smallest absolute Gasteiger partial charge is 0.0678 e. The summed E-state index contributed by atoms with van der Waals surface area (Å²) in [5.74, 6) is 0. The molecule has 0 spiro atoms. The quantitative estimate of drug-likeness (QED) is 0.734. The van der Waals surface area contributed by atoms with Crippen LogP contribution in [0, 0.1) is 0 Å². The normalized spacial score (nSPS) is 27.9. The highest BCUT2D eigenvalue weighted by atomic mass is 16.5. The summed E-state index contributed by atoms with van der Waals surface area (Å²) in [7, 11) is 0. The fourth-order valence-corrected chi connectivity index (χ4v) is 2.26. The molecule has 0 amide bonds. The Labute approximate surface area is 91.9 Å². The van der Waals surface area contributed by atoms with Crippen molar-refractivity contribution in [2.24, 2.45) is 0 Å². The molecule has 1 aliphatic rings. The second-order valence-corrected chi connectivity index (χ2v) is 4.44. The lowest BCUT2D eigenvalue weighted by molar-refractivity contribution is -0.0704. The Morgan fingerprint density at radius 3 is 2.33 bits per heavy atom. The predicted octanol–water partition coefficient (Wildman–Crippen LogP) is 2.30. The molecule has 0 N–H and O–H groups in total. The third-order valence-corrected chi connectivity index (χ3v) is 2.74. The molecule has 2 rings (SSSR count). The minimum Gasteiger partial charge on any atom is -0.373 e. The first-order valence-corrected chi connectivity index (χ1v) is 5.66. The monoisotopic (exact) mass is 205 g/mol. The van der Waals surface area contributed by atoms with Gasteiger partial charge in [-0.25, -0.2) is 0 Å². The Balaban J connectivity index is 1.94. The van der Waals surface area contributed by atoms with Gasteiger partial charge in [0, 0.05) is 19.6 Å².